The zero-order valence-corrected chi connectivity index (χ0v) is 12.8. The molecule has 0 aliphatic carbocycles. The zero-order chi connectivity index (χ0) is 13.2. The number of carbonyl (C=O) groups is 1. The van der Waals surface area contributed by atoms with Crippen LogP contribution in [0, 0.1) is 0 Å². The molecular formula is C11H21NO4SSi. The molecule has 7 heteroatoms. The van der Waals surface area contributed by atoms with Gasteiger partial charge in [-0.05, 0) is 31.6 Å². The molecule has 1 atom stereocenters. The van der Waals surface area contributed by atoms with Crippen LogP contribution in [0.3, 0.4) is 0 Å². The van der Waals surface area contributed by atoms with E-state index < -0.39 is 0 Å². The van der Waals surface area contributed by atoms with Crippen molar-refractivity contribution in [3.05, 3.63) is 0 Å². The summed E-state index contributed by atoms with van der Waals surface area (Å²) in [5.41, 5.74) is 0. The molecule has 5 nitrogen and oxygen atoms in total. The fraction of sp³-hybridized carbons (Fsp3) is 0.909. The minimum atomic E-state index is 0.315. The van der Waals surface area contributed by atoms with Gasteiger partial charge in [0.1, 0.15) is 0 Å². The molecule has 1 heterocycles. The van der Waals surface area contributed by atoms with E-state index in [1.54, 1.807) is 0 Å². The maximum Gasteiger partial charge on any atom is 0.287 e. The number of likely N-dealkylation sites (tertiary alicyclic amines) is 1. The summed E-state index contributed by atoms with van der Waals surface area (Å²) in [6, 6.07) is 1.34. The molecule has 18 heavy (non-hydrogen) atoms. The smallest absolute Gasteiger partial charge is 0.287 e. The van der Waals surface area contributed by atoms with Crippen molar-refractivity contribution in [3.8, 4) is 0 Å². The van der Waals surface area contributed by atoms with Gasteiger partial charge in [0.15, 0.2) is 0 Å². The molecule has 1 unspecified atom stereocenters. The van der Waals surface area contributed by atoms with Crippen molar-refractivity contribution >= 4 is 27.4 Å². The summed E-state index contributed by atoms with van der Waals surface area (Å²) in [6.45, 7) is 3.07. The van der Waals surface area contributed by atoms with Gasteiger partial charge < -0.3 is 4.90 Å². The van der Waals surface area contributed by atoms with E-state index in [4.69, 9.17) is 4.58 Å². The largest absolute Gasteiger partial charge is 0.339 e. The van der Waals surface area contributed by atoms with Crippen LogP contribution >= 0.6 is 11.8 Å². The Hall–Kier alpha value is -0.0831. The molecule has 0 N–H and O–H groups in total. The molecule has 1 saturated heterocycles. The van der Waals surface area contributed by atoms with Crippen LogP contribution in [0.15, 0.2) is 0 Å². The summed E-state index contributed by atoms with van der Waals surface area (Å²) in [5, 5.41) is 4.32. The molecule has 0 bridgehead atoms. The van der Waals surface area contributed by atoms with E-state index in [0.29, 0.717) is 21.7 Å². The summed E-state index contributed by atoms with van der Waals surface area (Å²) in [6.07, 6.45) is 2.84. The third-order valence-corrected chi connectivity index (χ3v) is 4.77. The Morgan fingerprint density at radius 1 is 1.56 bits per heavy atom. The lowest BCUT2D eigenvalue weighted by molar-refractivity contribution is -0.456. The van der Waals surface area contributed by atoms with Gasteiger partial charge in [0.25, 0.3) is 9.76 Å². The van der Waals surface area contributed by atoms with E-state index in [0.717, 1.165) is 43.4 Å². The van der Waals surface area contributed by atoms with Crippen molar-refractivity contribution in [1.29, 1.82) is 0 Å². The summed E-state index contributed by atoms with van der Waals surface area (Å²) >= 11 is 1.90. The highest BCUT2D eigenvalue weighted by molar-refractivity contribution is 7.99. The number of nitrogens with zero attached hydrogens (tertiary/aromatic N) is 1. The van der Waals surface area contributed by atoms with E-state index in [1.807, 2.05) is 16.7 Å². The standard InChI is InChI=1S/C11H21NO4SSi/c1-10(12-6-3-5-11(12)13)9-17-7-4-8-18-16-15-14-2/h10H,3-9H2,1-2H3. The van der Waals surface area contributed by atoms with Crippen molar-refractivity contribution in [3.63, 3.8) is 0 Å². The molecular weight excluding hydrogens is 270 g/mol. The number of rotatable bonds is 10. The van der Waals surface area contributed by atoms with Crippen LogP contribution in [0.4, 0.5) is 0 Å². The summed E-state index contributed by atoms with van der Waals surface area (Å²) in [4.78, 5) is 17.8. The summed E-state index contributed by atoms with van der Waals surface area (Å²) in [5.74, 6) is 2.43. The number of amides is 1. The van der Waals surface area contributed by atoms with Crippen molar-refractivity contribution in [1.82, 2.24) is 4.90 Å². The predicted octanol–water partition coefficient (Wildman–Crippen LogP) is 1.67. The lowest BCUT2D eigenvalue weighted by Gasteiger charge is -2.23. The lowest BCUT2D eigenvalue weighted by atomic mass is 10.3. The molecule has 1 fully saturated rings. The monoisotopic (exact) mass is 291 g/mol. The van der Waals surface area contributed by atoms with Gasteiger partial charge >= 0.3 is 0 Å². The molecule has 104 valence electrons. The van der Waals surface area contributed by atoms with Gasteiger partial charge in [-0.2, -0.15) is 11.8 Å². The first-order valence-corrected chi connectivity index (χ1v) is 8.49. The maximum atomic E-state index is 11.5. The Kier molecular flexibility index (Phi) is 8.69. The quantitative estimate of drug-likeness (QED) is 0.265. The van der Waals surface area contributed by atoms with Gasteiger partial charge in [0.05, 0.1) is 7.11 Å². The first-order valence-electron chi connectivity index (χ1n) is 6.22. The minimum absolute atomic E-state index is 0.315. The Morgan fingerprint density at radius 3 is 3.06 bits per heavy atom. The number of carbonyl (C=O) groups excluding carboxylic acids is 1. The lowest BCUT2D eigenvalue weighted by Crippen LogP contribution is -2.35. The van der Waals surface area contributed by atoms with E-state index >= 15 is 0 Å². The fourth-order valence-corrected chi connectivity index (χ4v) is 3.64. The normalized spacial score (nSPS) is 17.4. The van der Waals surface area contributed by atoms with Crippen molar-refractivity contribution in [2.45, 2.75) is 38.3 Å². The van der Waals surface area contributed by atoms with Gasteiger partial charge in [0.2, 0.25) is 5.91 Å². The Balaban J connectivity index is 1.92. The number of hydrogen-bond acceptors (Lipinski definition) is 5. The van der Waals surface area contributed by atoms with Crippen molar-refractivity contribution < 1.29 is 19.3 Å². The molecule has 1 aliphatic heterocycles. The van der Waals surface area contributed by atoms with Gasteiger partial charge in [-0.1, -0.05) is 5.04 Å². The summed E-state index contributed by atoms with van der Waals surface area (Å²) in [7, 11) is 1.74. The molecule has 0 aromatic carbocycles. The fourth-order valence-electron chi connectivity index (χ4n) is 1.83. The molecule has 0 spiro atoms. The van der Waals surface area contributed by atoms with Crippen LogP contribution in [0.25, 0.3) is 0 Å². The van der Waals surface area contributed by atoms with Gasteiger partial charge in [-0.25, -0.2) is 4.89 Å². The van der Waals surface area contributed by atoms with Crippen LogP contribution in [0.2, 0.25) is 6.04 Å². The highest BCUT2D eigenvalue weighted by Gasteiger charge is 2.24. The van der Waals surface area contributed by atoms with Crippen molar-refractivity contribution in [2.24, 2.45) is 0 Å². The topological polar surface area (TPSA) is 48.0 Å². The highest BCUT2D eigenvalue weighted by Crippen LogP contribution is 2.17. The molecule has 0 aromatic heterocycles. The molecule has 0 saturated carbocycles. The van der Waals surface area contributed by atoms with E-state index in [-0.39, 0.29) is 0 Å². The van der Waals surface area contributed by atoms with E-state index in [2.05, 4.69) is 16.8 Å². The number of thioether (sulfide) groups is 1. The molecule has 1 amide bonds. The predicted molar refractivity (Wildman–Crippen MR) is 72.1 cm³/mol. The first kappa shape index (κ1) is 16.0. The Bertz CT molecular complexity index is 245. The van der Waals surface area contributed by atoms with Crippen molar-refractivity contribution in [2.75, 3.05) is 25.2 Å². The van der Waals surface area contributed by atoms with Crippen LogP contribution in [-0.2, 0) is 19.3 Å². The van der Waals surface area contributed by atoms with Crippen LogP contribution in [-0.4, -0.2) is 51.8 Å². The maximum absolute atomic E-state index is 11.5. The Morgan fingerprint density at radius 2 is 2.39 bits per heavy atom. The average Bonchev–Trinajstić information content (AvgIpc) is 2.79. The van der Waals surface area contributed by atoms with Gasteiger partial charge in [0, 0.05) is 24.8 Å². The second-order valence-corrected chi connectivity index (χ2v) is 6.29. The first-order chi connectivity index (χ1) is 8.75. The SMILES string of the molecule is COOO[Si]CCCSCC(C)N1CCCC1=O. The number of hydrogen-bond donors (Lipinski definition) is 0. The second-order valence-electron chi connectivity index (χ2n) is 4.18. The van der Waals surface area contributed by atoms with Crippen LogP contribution < -0.4 is 0 Å². The molecule has 1 rings (SSSR count). The molecule has 2 radical (unpaired) electrons. The second kappa shape index (κ2) is 9.80. The van der Waals surface area contributed by atoms with Crippen LogP contribution in [0.5, 0.6) is 0 Å². The Labute approximate surface area is 115 Å². The van der Waals surface area contributed by atoms with E-state index in [9.17, 15) is 4.79 Å². The third kappa shape index (κ3) is 6.19. The van der Waals surface area contributed by atoms with Gasteiger partial charge in [-0.15, -0.1) is 0 Å². The van der Waals surface area contributed by atoms with Crippen LogP contribution in [0.1, 0.15) is 26.2 Å². The van der Waals surface area contributed by atoms with E-state index in [1.165, 1.54) is 7.11 Å². The highest BCUT2D eigenvalue weighted by atomic mass is 32.2. The summed E-state index contributed by atoms with van der Waals surface area (Å²) < 4.78 is 4.75. The average molecular weight is 291 g/mol. The molecule has 0 aromatic rings. The third-order valence-electron chi connectivity index (χ3n) is 2.73. The molecule has 1 aliphatic rings. The zero-order valence-electron chi connectivity index (χ0n) is 11.0. The van der Waals surface area contributed by atoms with Gasteiger partial charge in [-0.3, -0.25) is 9.37 Å². The minimum Gasteiger partial charge on any atom is -0.339 e.